The van der Waals surface area contributed by atoms with Crippen LogP contribution in [0.1, 0.15) is 27.2 Å². The van der Waals surface area contributed by atoms with Crippen LogP contribution in [0.5, 0.6) is 0 Å². The maximum atomic E-state index is 11.5. The second kappa shape index (κ2) is 9.22. The first kappa shape index (κ1) is 19.8. The van der Waals surface area contributed by atoms with Crippen molar-refractivity contribution in [2.75, 3.05) is 7.11 Å². The average Bonchev–Trinajstić information content (AvgIpc) is 3.12. The molecule has 1 heterocycles. The second-order valence-electron chi connectivity index (χ2n) is 5.92. The number of aryl methyl sites for hydroxylation is 1. The summed E-state index contributed by atoms with van der Waals surface area (Å²) < 4.78 is 10.6. The molecule has 0 radical (unpaired) electrons. The topological polar surface area (TPSA) is 51.5 Å². The SMILES string of the molecule is COC(=O)c1ccc(-c2ccc(CNCc3ccc(C)cc3)o2)cc1.Cl. The van der Waals surface area contributed by atoms with Crippen molar-refractivity contribution < 1.29 is 13.9 Å². The highest BCUT2D eigenvalue weighted by molar-refractivity contribution is 5.89. The van der Waals surface area contributed by atoms with Gasteiger partial charge in [-0.2, -0.15) is 0 Å². The summed E-state index contributed by atoms with van der Waals surface area (Å²) in [6.07, 6.45) is 0. The molecule has 1 aromatic heterocycles. The van der Waals surface area contributed by atoms with Gasteiger partial charge in [0.05, 0.1) is 19.2 Å². The third-order valence-electron chi connectivity index (χ3n) is 4.00. The van der Waals surface area contributed by atoms with E-state index in [1.54, 1.807) is 12.1 Å². The highest BCUT2D eigenvalue weighted by Gasteiger charge is 2.08. The third-order valence-corrected chi connectivity index (χ3v) is 4.00. The van der Waals surface area contributed by atoms with Crippen molar-refractivity contribution in [1.82, 2.24) is 5.32 Å². The van der Waals surface area contributed by atoms with Crippen molar-refractivity contribution >= 4 is 18.4 Å². The standard InChI is InChI=1S/C21H21NO3.ClH/c1-15-3-5-16(6-4-15)13-22-14-19-11-12-20(25-19)17-7-9-18(10-8-17)21(23)24-2;/h3-12,22H,13-14H2,1-2H3;1H. The summed E-state index contributed by atoms with van der Waals surface area (Å²) in [7, 11) is 1.37. The minimum Gasteiger partial charge on any atom is -0.465 e. The molecule has 0 unspecified atom stereocenters. The molecular formula is C21H22ClNO3. The summed E-state index contributed by atoms with van der Waals surface area (Å²) in [5.74, 6) is 1.31. The lowest BCUT2D eigenvalue weighted by molar-refractivity contribution is 0.0600. The van der Waals surface area contributed by atoms with Crippen molar-refractivity contribution in [3.63, 3.8) is 0 Å². The van der Waals surface area contributed by atoms with E-state index in [1.165, 1.54) is 18.2 Å². The molecule has 0 aliphatic carbocycles. The molecule has 0 aliphatic rings. The lowest BCUT2D eigenvalue weighted by atomic mass is 10.1. The van der Waals surface area contributed by atoms with Gasteiger partial charge in [-0.1, -0.05) is 42.0 Å². The van der Waals surface area contributed by atoms with Crippen molar-refractivity contribution in [3.05, 3.63) is 83.1 Å². The van der Waals surface area contributed by atoms with Crippen LogP contribution < -0.4 is 5.32 Å². The molecule has 4 nitrogen and oxygen atoms in total. The molecule has 5 heteroatoms. The number of rotatable bonds is 6. The summed E-state index contributed by atoms with van der Waals surface area (Å²) in [6.45, 7) is 3.54. The van der Waals surface area contributed by atoms with Crippen LogP contribution in [-0.4, -0.2) is 13.1 Å². The van der Waals surface area contributed by atoms with E-state index in [4.69, 9.17) is 9.15 Å². The van der Waals surface area contributed by atoms with Gasteiger partial charge in [0.2, 0.25) is 0 Å². The van der Waals surface area contributed by atoms with Gasteiger partial charge in [-0.05, 0) is 36.8 Å². The molecule has 136 valence electrons. The van der Waals surface area contributed by atoms with E-state index in [1.807, 2.05) is 24.3 Å². The van der Waals surface area contributed by atoms with Crippen LogP contribution in [0.3, 0.4) is 0 Å². The van der Waals surface area contributed by atoms with Crippen LogP contribution in [0, 0.1) is 6.92 Å². The van der Waals surface area contributed by atoms with E-state index in [2.05, 4.69) is 36.5 Å². The van der Waals surface area contributed by atoms with Crippen molar-refractivity contribution in [1.29, 1.82) is 0 Å². The summed E-state index contributed by atoms with van der Waals surface area (Å²) in [4.78, 5) is 11.5. The van der Waals surface area contributed by atoms with Crippen molar-refractivity contribution in [3.8, 4) is 11.3 Å². The first-order valence-corrected chi connectivity index (χ1v) is 8.19. The Hall–Kier alpha value is -2.56. The fourth-order valence-electron chi connectivity index (χ4n) is 2.55. The van der Waals surface area contributed by atoms with Crippen molar-refractivity contribution in [2.24, 2.45) is 0 Å². The normalized spacial score (nSPS) is 10.2. The Balaban J connectivity index is 0.00000243. The second-order valence-corrected chi connectivity index (χ2v) is 5.92. The van der Waals surface area contributed by atoms with Gasteiger partial charge in [-0.3, -0.25) is 0 Å². The van der Waals surface area contributed by atoms with E-state index < -0.39 is 0 Å². The average molecular weight is 372 g/mol. The van der Waals surface area contributed by atoms with Gasteiger partial charge in [0.25, 0.3) is 0 Å². The molecular weight excluding hydrogens is 350 g/mol. The van der Waals surface area contributed by atoms with Crippen LogP contribution in [0.25, 0.3) is 11.3 Å². The first-order chi connectivity index (χ1) is 12.2. The molecule has 3 rings (SSSR count). The minimum atomic E-state index is -0.341. The Labute approximate surface area is 159 Å². The number of carbonyl (C=O) groups excluding carboxylic acids is 1. The molecule has 0 amide bonds. The number of halogens is 1. The van der Waals surface area contributed by atoms with Crippen LogP contribution in [-0.2, 0) is 17.8 Å². The highest BCUT2D eigenvalue weighted by Crippen LogP contribution is 2.23. The largest absolute Gasteiger partial charge is 0.465 e. The maximum Gasteiger partial charge on any atom is 0.337 e. The lowest BCUT2D eigenvalue weighted by Gasteiger charge is -2.04. The molecule has 3 aromatic rings. The Bertz CT molecular complexity index is 838. The molecule has 0 saturated carbocycles. The van der Waals surface area contributed by atoms with E-state index in [0.717, 1.165) is 23.6 Å². The van der Waals surface area contributed by atoms with Crippen LogP contribution in [0.15, 0.2) is 65.1 Å². The summed E-state index contributed by atoms with van der Waals surface area (Å²) in [5.41, 5.74) is 3.96. The Morgan fingerprint density at radius 2 is 1.65 bits per heavy atom. The van der Waals surface area contributed by atoms with Gasteiger partial charge in [-0.15, -0.1) is 12.4 Å². The number of methoxy groups -OCH3 is 1. The van der Waals surface area contributed by atoms with Crippen LogP contribution in [0.4, 0.5) is 0 Å². The molecule has 0 spiro atoms. The van der Waals surface area contributed by atoms with E-state index in [0.29, 0.717) is 12.1 Å². The lowest BCUT2D eigenvalue weighted by Crippen LogP contribution is -2.11. The molecule has 0 atom stereocenters. The molecule has 0 saturated heterocycles. The number of nitrogens with one attached hydrogen (secondary N) is 1. The summed E-state index contributed by atoms with van der Waals surface area (Å²) in [6, 6.07) is 19.6. The number of carbonyl (C=O) groups is 1. The van der Waals surface area contributed by atoms with Gasteiger partial charge >= 0.3 is 5.97 Å². The van der Waals surface area contributed by atoms with Gasteiger partial charge in [0.1, 0.15) is 11.5 Å². The third kappa shape index (κ3) is 4.97. The molecule has 0 fully saturated rings. The van der Waals surface area contributed by atoms with Gasteiger partial charge in [0, 0.05) is 12.1 Å². The number of hydrogen-bond donors (Lipinski definition) is 1. The monoisotopic (exact) mass is 371 g/mol. The minimum absolute atomic E-state index is 0. The molecule has 0 aliphatic heterocycles. The Morgan fingerprint density at radius 3 is 2.31 bits per heavy atom. The van der Waals surface area contributed by atoms with Crippen LogP contribution >= 0.6 is 12.4 Å². The zero-order valence-corrected chi connectivity index (χ0v) is 15.6. The fraction of sp³-hybridized carbons (Fsp3) is 0.190. The van der Waals surface area contributed by atoms with E-state index in [9.17, 15) is 4.79 Å². The number of esters is 1. The Kier molecular flexibility index (Phi) is 7.01. The summed E-state index contributed by atoms with van der Waals surface area (Å²) >= 11 is 0. The van der Waals surface area contributed by atoms with Crippen molar-refractivity contribution in [2.45, 2.75) is 20.0 Å². The van der Waals surface area contributed by atoms with E-state index in [-0.39, 0.29) is 18.4 Å². The van der Waals surface area contributed by atoms with Gasteiger partial charge < -0.3 is 14.5 Å². The number of hydrogen-bond acceptors (Lipinski definition) is 4. The number of furan rings is 1. The van der Waals surface area contributed by atoms with Crippen LogP contribution in [0.2, 0.25) is 0 Å². The fourth-order valence-corrected chi connectivity index (χ4v) is 2.55. The highest BCUT2D eigenvalue weighted by atomic mass is 35.5. The maximum absolute atomic E-state index is 11.5. The smallest absolute Gasteiger partial charge is 0.337 e. The zero-order valence-electron chi connectivity index (χ0n) is 14.8. The Morgan fingerprint density at radius 1 is 0.962 bits per heavy atom. The van der Waals surface area contributed by atoms with Gasteiger partial charge in [0.15, 0.2) is 0 Å². The predicted molar refractivity (Wildman–Crippen MR) is 104 cm³/mol. The van der Waals surface area contributed by atoms with E-state index >= 15 is 0 Å². The first-order valence-electron chi connectivity index (χ1n) is 8.19. The summed E-state index contributed by atoms with van der Waals surface area (Å²) in [5, 5.41) is 3.38. The van der Waals surface area contributed by atoms with Gasteiger partial charge in [-0.25, -0.2) is 4.79 Å². The number of benzene rings is 2. The molecule has 1 N–H and O–H groups in total. The number of ether oxygens (including phenoxy) is 1. The quantitative estimate of drug-likeness (QED) is 0.635. The predicted octanol–water partition coefficient (Wildman–Crippen LogP) is 4.75. The zero-order chi connectivity index (χ0) is 17.6. The molecule has 2 aromatic carbocycles. The molecule has 26 heavy (non-hydrogen) atoms. The molecule has 0 bridgehead atoms.